The summed E-state index contributed by atoms with van der Waals surface area (Å²) in [7, 11) is 1.64. The van der Waals surface area contributed by atoms with Gasteiger partial charge in [0.2, 0.25) is 5.91 Å². The Morgan fingerprint density at radius 1 is 1.25 bits per heavy atom. The molecule has 0 bridgehead atoms. The van der Waals surface area contributed by atoms with E-state index >= 15 is 0 Å². The summed E-state index contributed by atoms with van der Waals surface area (Å²) >= 11 is 12.1. The summed E-state index contributed by atoms with van der Waals surface area (Å²) in [5.41, 5.74) is 4.08. The molecule has 1 amide bonds. The van der Waals surface area contributed by atoms with Gasteiger partial charge in [-0.2, -0.15) is 0 Å². The number of ether oxygens (including phenoxy) is 2. The summed E-state index contributed by atoms with van der Waals surface area (Å²) in [6.07, 6.45) is 0.248. The van der Waals surface area contributed by atoms with Gasteiger partial charge < -0.3 is 19.8 Å². The van der Waals surface area contributed by atoms with Crippen LogP contribution in [0.5, 0.6) is 5.75 Å². The van der Waals surface area contributed by atoms with E-state index in [9.17, 15) is 4.79 Å². The lowest BCUT2D eigenvalue weighted by Gasteiger charge is -2.33. The molecule has 0 aliphatic carbocycles. The number of carbonyl (C=O) groups is 1. The number of fused-ring (bicyclic) bond motifs is 1. The Morgan fingerprint density at radius 2 is 2.09 bits per heavy atom. The maximum atomic E-state index is 12.7. The first-order chi connectivity index (χ1) is 15.4. The molecule has 8 heteroatoms. The fourth-order valence-corrected chi connectivity index (χ4v) is 4.43. The largest absolute Gasteiger partial charge is 0.497 e. The molecule has 4 rings (SSSR count). The van der Waals surface area contributed by atoms with Crippen LogP contribution in [0.2, 0.25) is 10.0 Å². The molecule has 0 saturated carbocycles. The molecule has 2 heterocycles. The second-order valence-corrected chi connectivity index (χ2v) is 8.91. The Labute approximate surface area is 197 Å². The average molecular weight is 476 g/mol. The highest BCUT2D eigenvalue weighted by molar-refractivity contribution is 6.42. The lowest BCUT2D eigenvalue weighted by molar-refractivity contribution is -0.121. The Kier molecular flexibility index (Phi) is 7.26. The number of benzene rings is 2. The highest BCUT2D eigenvalue weighted by atomic mass is 35.5. The number of carbonyl (C=O) groups excluding carboxylic acids is 1. The molecule has 1 saturated heterocycles. The number of hydrogen-bond donors (Lipinski definition) is 2. The average Bonchev–Trinajstić information content (AvgIpc) is 3.09. The van der Waals surface area contributed by atoms with Crippen LogP contribution >= 0.6 is 23.2 Å². The van der Waals surface area contributed by atoms with Gasteiger partial charge in [0.15, 0.2) is 0 Å². The van der Waals surface area contributed by atoms with Crippen molar-refractivity contribution in [2.24, 2.45) is 0 Å². The number of aromatic amines is 1. The zero-order chi connectivity index (χ0) is 22.7. The fourth-order valence-electron chi connectivity index (χ4n) is 4.11. The monoisotopic (exact) mass is 475 g/mol. The zero-order valence-corrected chi connectivity index (χ0v) is 19.7. The van der Waals surface area contributed by atoms with Crippen LogP contribution in [0, 0.1) is 6.92 Å². The number of aromatic nitrogens is 1. The highest BCUT2D eigenvalue weighted by Crippen LogP contribution is 2.27. The number of amides is 1. The quantitative estimate of drug-likeness (QED) is 0.532. The molecule has 1 aromatic heterocycles. The van der Waals surface area contributed by atoms with Gasteiger partial charge in [-0.25, -0.2) is 0 Å². The number of nitrogens with one attached hydrogen (secondary N) is 2. The van der Waals surface area contributed by atoms with Crippen LogP contribution in [0.1, 0.15) is 16.8 Å². The van der Waals surface area contributed by atoms with Crippen LogP contribution in [0.4, 0.5) is 0 Å². The number of methoxy groups -OCH3 is 1. The van der Waals surface area contributed by atoms with E-state index < -0.39 is 0 Å². The minimum Gasteiger partial charge on any atom is -0.497 e. The smallest absolute Gasteiger partial charge is 0.224 e. The van der Waals surface area contributed by atoms with E-state index in [0.717, 1.165) is 53.1 Å². The van der Waals surface area contributed by atoms with Crippen LogP contribution in [0.25, 0.3) is 10.9 Å². The molecule has 3 aromatic rings. The summed E-state index contributed by atoms with van der Waals surface area (Å²) in [6.45, 7) is 5.43. The number of hydrogen-bond acceptors (Lipinski definition) is 4. The van der Waals surface area contributed by atoms with E-state index in [1.54, 1.807) is 7.11 Å². The molecule has 1 aliphatic heterocycles. The minimum atomic E-state index is -0.0559. The third kappa shape index (κ3) is 5.38. The molecule has 32 heavy (non-hydrogen) atoms. The summed E-state index contributed by atoms with van der Waals surface area (Å²) in [5, 5.41) is 5.17. The van der Waals surface area contributed by atoms with Crippen LogP contribution in [0.15, 0.2) is 36.4 Å². The number of aryl methyl sites for hydroxylation is 1. The fraction of sp³-hybridized carbons (Fsp3) is 0.375. The van der Waals surface area contributed by atoms with Crippen LogP contribution in [0.3, 0.4) is 0 Å². The van der Waals surface area contributed by atoms with Crippen LogP contribution in [-0.2, 0) is 22.5 Å². The predicted molar refractivity (Wildman–Crippen MR) is 128 cm³/mol. The van der Waals surface area contributed by atoms with Crippen molar-refractivity contribution in [1.82, 2.24) is 15.2 Å². The first-order valence-electron chi connectivity index (χ1n) is 10.6. The molecule has 2 N–H and O–H groups in total. The van der Waals surface area contributed by atoms with Crippen molar-refractivity contribution < 1.29 is 14.3 Å². The summed E-state index contributed by atoms with van der Waals surface area (Å²) in [6, 6.07) is 11.5. The Balaban J connectivity index is 1.32. The maximum Gasteiger partial charge on any atom is 0.224 e. The number of nitrogens with zero attached hydrogens (tertiary/aromatic N) is 1. The van der Waals surface area contributed by atoms with E-state index in [0.29, 0.717) is 29.6 Å². The third-order valence-corrected chi connectivity index (χ3v) is 6.54. The molecule has 1 unspecified atom stereocenters. The molecule has 0 radical (unpaired) electrons. The van der Waals surface area contributed by atoms with Gasteiger partial charge in [-0.05, 0) is 48.4 Å². The molecule has 0 spiro atoms. The third-order valence-electron chi connectivity index (χ3n) is 5.80. The minimum absolute atomic E-state index is 0.0259. The second kappa shape index (κ2) is 10.1. The van der Waals surface area contributed by atoms with Crippen LogP contribution in [-0.4, -0.2) is 55.2 Å². The van der Waals surface area contributed by atoms with E-state index in [1.165, 1.54) is 0 Å². The van der Waals surface area contributed by atoms with Gasteiger partial charge in [0.1, 0.15) is 5.75 Å². The highest BCUT2D eigenvalue weighted by Gasteiger charge is 2.22. The predicted octanol–water partition coefficient (Wildman–Crippen LogP) is 4.35. The number of H-pyrrole nitrogens is 1. The van der Waals surface area contributed by atoms with Gasteiger partial charge in [-0.15, -0.1) is 0 Å². The van der Waals surface area contributed by atoms with Gasteiger partial charge >= 0.3 is 0 Å². The van der Waals surface area contributed by atoms with Crippen molar-refractivity contribution in [3.63, 3.8) is 0 Å². The van der Waals surface area contributed by atoms with Gasteiger partial charge in [0.25, 0.3) is 0 Å². The molecule has 2 aromatic carbocycles. The summed E-state index contributed by atoms with van der Waals surface area (Å²) in [4.78, 5) is 18.3. The molecular weight excluding hydrogens is 449 g/mol. The van der Waals surface area contributed by atoms with Gasteiger partial charge in [-0.3, -0.25) is 9.69 Å². The normalized spacial score (nSPS) is 16.9. The Hall–Kier alpha value is -2.25. The van der Waals surface area contributed by atoms with Crippen LogP contribution < -0.4 is 10.1 Å². The first kappa shape index (κ1) is 22.9. The lowest BCUT2D eigenvalue weighted by atomic mass is 10.1. The first-order valence-corrected chi connectivity index (χ1v) is 11.4. The van der Waals surface area contributed by atoms with E-state index in [1.807, 2.05) is 43.3 Å². The Morgan fingerprint density at radius 3 is 2.88 bits per heavy atom. The molecule has 1 fully saturated rings. The number of morpholine rings is 1. The van der Waals surface area contributed by atoms with Crippen molar-refractivity contribution in [1.29, 1.82) is 0 Å². The maximum absolute atomic E-state index is 12.7. The van der Waals surface area contributed by atoms with Crippen molar-refractivity contribution in [2.75, 3.05) is 33.4 Å². The zero-order valence-electron chi connectivity index (χ0n) is 18.2. The number of rotatable bonds is 7. The van der Waals surface area contributed by atoms with Crippen molar-refractivity contribution in [2.45, 2.75) is 26.0 Å². The van der Waals surface area contributed by atoms with Gasteiger partial charge in [0.05, 0.1) is 36.3 Å². The van der Waals surface area contributed by atoms with Crippen molar-refractivity contribution in [3.05, 3.63) is 63.3 Å². The standard InChI is InChI=1S/C24H27Cl2N3O3/c1-15-19(20-10-17(31-2)4-6-23(20)28-15)11-24(30)27-12-18-14-29(7-8-32-18)13-16-3-5-21(25)22(26)9-16/h3-6,9-10,18,28H,7-8,11-14H2,1-2H3,(H,27,30). The SMILES string of the molecule is COc1ccc2[nH]c(C)c(CC(=O)NCC3CN(Cc4ccc(Cl)c(Cl)c4)CCO3)c2c1. The summed E-state index contributed by atoms with van der Waals surface area (Å²) < 4.78 is 11.2. The lowest BCUT2D eigenvalue weighted by Crippen LogP contribution is -2.47. The molecule has 6 nitrogen and oxygen atoms in total. The molecule has 1 aliphatic rings. The van der Waals surface area contributed by atoms with Gasteiger partial charge in [0, 0.05) is 42.8 Å². The second-order valence-electron chi connectivity index (χ2n) is 8.10. The van der Waals surface area contributed by atoms with Crippen molar-refractivity contribution >= 4 is 40.0 Å². The van der Waals surface area contributed by atoms with Crippen molar-refractivity contribution in [3.8, 4) is 5.75 Å². The topological polar surface area (TPSA) is 66.6 Å². The molecule has 1 atom stereocenters. The van der Waals surface area contributed by atoms with E-state index in [4.69, 9.17) is 32.7 Å². The van der Waals surface area contributed by atoms with E-state index in [2.05, 4.69) is 15.2 Å². The summed E-state index contributed by atoms with van der Waals surface area (Å²) in [5.74, 6) is 0.748. The molecular formula is C24H27Cl2N3O3. The molecule has 170 valence electrons. The van der Waals surface area contributed by atoms with E-state index in [-0.39, 0.29) is 12.0 Å². The Bertz CT molecular complexity index is 1120. The number of halogens is 2. The van der Waals surface area contributed by atoms with Gasteiger partial charge in [-0.1, -0.05) is 29.3 Å².